The Hall–Kier alpha value is -1.83. The first-order valence-corrected chi connectivity index (χ1v) is 4.61. The van der Waals surface area contributed by atoms with Gasteiger partial charge in [0.05, 0.1) is 5.52 Å². The van der Waals surface area contributed by atoms with Crippen molar-refractivity contribution in [3.8, 4) is 0 Å². The summed E-state index contributed by atoms with van der Waals surface area (Å²) in [6.45, 7) is 0.646. The lowest BCUT2D eigenvalue weighted by Crippen LogP contribution is -2.31. The van der Waals surface area contributed by atoms with Crippen LogP contribution in [0.2, 0.25) is 0 Å². The van der Waals surface area contributed by atoms with Crippen molar-refractivity contribution in [1.29, 1.82) is 0 Å². The van der Waals surface area contributed by atoms with Gasteiger partial charge in [0.2, 0.25) is 0 Å². The summed E-state index contributed by atoms with van der Waals surface area (Å²) in [6.07, 6.45) is 3.77. The summed E-state index contributed by atoms with van der Waals surface area (Å²) >= 11 is 0. The highest BCUT2D eigenvalue weighted by atomic mass is 16.5. The monoisotopic (exact) mass is 183 g/mol. The number of nitrogens with zero attached hydrogens (tertiary/aromatic N) is 1. The zero-order valence-corrected chi connectivity index (χ0v) is 7.60. The average Bonchev–Trinajstić information content (AvgIpc) is 2.26. The molecule has 1 aromatic heterocycles. The minimum absolute atomic E-state index is 0.646. The minimum atomic E-state index is 0.646. The van der Waals surface area contributed by atoms with Gasteiger partial charge in [0.25, 0.3) is 0 Å². The third-order valence-electron chi connectivity index (χ3n) is 2.38. The molecule has 0 amide bonds. The van der Waals surface area contributed by atoms with E-state index in [1.54, 1.807) is 6.26 Å². The summed E-state index contributed by atoms with van der Waals surface area (Å²) in [5, 5.41) is 3.27. The lowest BCUT2D eigenvalue weighted by Gasteiger charge is -2.03. The molecule has 1 aromatic carbocycles. The maximum Gasteiger partial charge on any atom is 0.110 e. The third kappa shape index (κ3) is 1.08. The van der Waals surface area contributed by atoms with E-state index in [2.05, 4.69) is 23.2 Å². The molecule has 0 aliphatic carbocycles. The molecule has 68 valence electrons. The topological polar surface area (TPSA) is 22.1 Å². The Morgan fingerprint density at radius 2 is 2.14 bits per heavy atom. The molecule has 0 bridgehead atoms. The Labute approximate surface area is 81.2 Å². The van der Waals surface area contributed by atoms with Gasteiger partial charge in [0.1, 0.15) is 18.2 Å². The largest absolute Gasteiger partial charge is 0.495 e. The predicted molar refractivity (Wildman–Crippen MR) is 55.9 cm³/mol. The molecule has 1 aliphatic rings. The molecule has 0 saturated carbocycles. The van der Waals surface area contributed by atoms with E-state index in [9.17, 15) is 0 Å². The number of hydrogen-bond donors (Lipinski definition) is 0. The second-order valence-electron chi connectivity index (χ2n) is 3.31. The number of pyridine rings is 1. The Balaban J connectivity index is 2.51. The fraction of sp³-hybridized carbons (Fsp3) is 0.0833. The summed E-state index contributed by atoms with van der Waals surface area (Å²) < 4.78 is 5.20. The van der Waals surface area contributed by atoms with Gasteiger partial charge < -0.3 is 4.74 Å². The second kappa shape index (κ2) is 2.84. The van der Waals surface area contributed by atoms with Crippen molar-refractivity contribution in [2.45, 2.75) is 0 Å². The summed E-state index contributed by atoms with van der Waals surface area (Å²) in [5.74, 6) is 0. The molecule has 0 spiro atoms. The first kappa shape index (κ1) is 7.56. The van der Waals surface area contributed by atoms with E-state index in [1.165, 1.54) is 5.39 Å². The van der Waals surface area contributed by atoms with Crippen molar-refractivity contribution in [2.24, 2.45) is 0 Å². The number of aromatic nitrogens is 1. The molecule has 0 radical (unpaired) electrons. The van der Waals surface area contributed by atoms with Gasteiger partial charge in [-0.1, -0.05) is 18.2 Å². The first-order chi connectivity index (χ1) is 6.93. The molecule has 2 nitrogen and oxygen atoms in total. The van der Waals surface area contributed by atoms with Gasteiger partial charge in [-0.3, -0.25) is 0 Å². The second-order valence-corrected chi connectivity index (χ2v) is 3.31. The van der Waals surface area contributed by atoms with Gasteiger partial charge in [-0.2, -0.15) is 0 Å². The normalized spacial score (nSPS) is 13.7. The standard InChI is InChI=1S/C12H9NO/c1-2-4-11-9(3-1)7-10-5-6-14-8-12(10)13-11/h1-5,7-8H,6H2. The lowest BCUT2D eigenvalue weighted by molar-refractivity contribution is 0.345. The van der Waals surface area contributed by atoms with Gasteiger partial charge in [0, 0.05) is 10.6 Å². The van der Waals surface area contributed by atoms with Gasteiger partial charge >= 0.3 is 0 Å². The number of hydrogen-bond acceptors (Lipinski definition) is 2. The maximum absolute atomic E-state index is 5.20. The van der Waals surface area contributed by atoms with Crippen LogP contribution in [0.5, 0.6) is 0 Å². The maximum atomic E-state index is 5.20. The quantitative estimate of drug-likeness (QED) is 0.602. The number of fused-ring (bicyclic) bond motifs is 2. The lowest BCUT2D eigenvalue weighted by atomic mass is 10.2. The van der Waals surface area contributed by atoms with Crippen molar-refractivity contribution in [3.05, 3.63) is 40.9 Å². The summed E-state index contributed by atoms with van der Waals surface area (Å²) in [5.41, 5.74) is 1.02. The fourth-order valence-corrected chi connectivity index (χ4v) is 1.67. The van der Waals surface area contributed by atoms with Crippen molar-refractivity contribution in [2.75, 3.05) is 6.61 Å². The van der Waals surface area contributed by atoms with E-state index in [0.717, 1.165) is 16.1 Å². The van der Waals surface area contributed by atoms with E-state index in [-0.39, 0.29) is 0 Å². The van der Waals surface area contributed by atoms with E-state index in [0.29, 0.717) is 6.61 Å². The molecule has 2 heteroatoms. The highest BCUT2D eigenvalue weighted by Gasteiger charge is 1.97. The van der Waals surface area contributed by atoms with Gasteiger partial charge in [-0.15, -0.1) is 0 Å². The van der Waals surface area contributed by atoms with Crippen LogP contribution in [0.25, 0.3) is 23.2 Å². The van der Waals surface area contributed by atoms with Gasteiger partial charge in [-0.05, 0) is 18.2 Å². The van der Waals surface area contributed by atoms with Crippen LogP contribution in [0.1, 0.15) is 0 Å². The first-order valence-electron chi connectivity index (χ1n) is 4.61. The number of para-hydroxylation sites is 1. The SMILES string of the molecule is C1=c2cc3ccccc3nc2=COC1. The molecule has 14 heavy (non-hydrogen) atoms. The zero-order valence-electron chi connectivity index (χ0n) is 7.60. The Bertz CT molecular complexity index is 547. The third-order valence-corrected chi connectivity index (χ3v) is 2.38. The summed E-state index contributed by atoms with van der Waals surface area (Å²) in [7, 11) is 0. The molecule has 0 N–H and O–H groups in total. The Kier molecular flexibility index (Phi) is 1.53. The summed E-state index contributed by atoms with van der Waals surface area (Å²) in [6, 6.07) is 10.3. The minimum Gasteiger partial charge on any atom is -0.495 e. The van der Waals surface area contributed by atoms with E-state index in [1.807, 2.05) is 18.2 Å². The van der Waals surface area contributed by atoms with Crippen LogP contribution in [0.4, 0.5) is 0 Å². The van der Waals surface area contributed by atoms with Crippen LogP contribution >= 0.6 is 0 Å². The predicted octanol–water partition coefficient (Wildman–Crippen LogP) is 0.783. The van der Waals surface area contributed by atoms with Crippen LogP contribution in [0.15, 0.2) is 30.3 Å². The van der Waals surface area contributed by atoms with E-state index >= 15 is 0 Å². The van der Waals surface area contributed by atoms with Crippen molar-refractivity contribution in [1.82, 2.24) is 4.98 Å². The van der Waals surface area contributed by atoms with Crippen LogP contribution in [0, 0.1) is 0 Å². The molecule has 0 atom stereocenters. The van der Waals surface area contributed by atoms with Crippen molar-refractivity contribution in [3.63, 3.8) is 0 Å². The molecule has 2 aromatic rings. The molecule has 0 unspecified atom stereocenters. The molecule has 0 fully saturated rings. The molecular formula is C12H9NO. The highest BCUT2D eigenvalue weighted by Crippen LogP contribution is 2.05. The average molecular weight is 183 g/mol. The van der Waals surface area contributed by atoms with Crippen LogP contribution < -0.4 is 10.6 Å². The zero-order chi connectivity index (χ0) is 9.38. The Morgan fingerprint density at radius 3 is 3.14 bits per heavy atom. The Morgan fingerprint density at radius 1 is 1.21 bits per heavy atom. The van der Waals surface area contributed by atoms with Crippen molar-refractivity contribution >= 4 is 23.2 Å². The van der Waals surface area contributed by atoms with E-state index in [4.69, 9.17) is 4.74 Å². The number of rotatable bonds is 0. The van der Waals surface area contributed by atoms with Crippen LogP contribution in [-0.2, 0) is 4.74 Å². The molecule has 2 heterocycles. The van der Waals surface area contributed by atoms with Gasteiger partial charge in [0.15, 0.2) is 0 Å². The highest BCUT2D eigenvalue weighted by molar-refractivity contribution is 5.78. The molecule has 3 rings (SSSR count). The smallest absolute Gasteiger partial charge is 0.110 e. The molecular weight excluding hydrogens is 174 g/mol. The molecule has 0 saturated heterocycles. The molecule has 1 aliphatic heterocycles. The number of benzene rings is 1. The fourth-order valence-electron chi connectivity index (χ4n) is 1.67. The van der Waals surface area contributed by atoms with E-state index < -0.39 is 0 Å². The number of ether oxygens (including phenoxy) is 1. The van der Waals surface area contributed by atoms with Crippen molar-refractivity contribution < 1.29 is 4.74 Å². The van der Waals surface area contributed by atoms with Crippen LogP contribution in [-0.4, -0.2) is 11.6 Å². The summed E-state index contributed by atoms with van der Waals surface area (Å²) in [4.78, 5) is 4.50. The van der Waals surface area contributed by atoms with Crippen LogP contribution in [0.3, 0.4) is 0 Å². The van der Waals surface area contributed by atoms with Gasteiger partial charge in [-0.25, -0.2) is 4.98 Å².